The molecule has 1 fully saturated rings. The van der Waals surface area contributed by atoms with Crippen molar-refractivity contribution in [2.45, 2.75) is 19.3 Å². The van der Waals surface area contributed by atoms with E-state index in [1.165, 1.54) is 7.11 Å². The molecule has 0 amide bonds. The molecule has 0 bridgehead atoms. The molecule has 1 saturated heterocycles. The molecular weight excluding hydrogens is 334 g/mol. The first kappa shape index (κ1) is 19.9. The zero-order valence-electron chi connectivity index (χ0n) is 15.9. The van der Waals surface area contributed by atoms with Crippen LogP contribution in [0.1, 0.15) is 19.3 Å². The van der Waals surface area contributed by atoms with Gasteiger partial charge in [-0.2, -0.15) is 0 Å². The third kappa shape index (κ3) is 5.82. The number of carbonyl (C=O) groups excluding carboxylic acids is 1. The van der Waals surface area contributed by atoms with Gasteiger partial charge >= 0.3 is 5.97 Å². The predicted octanol–water partition coefficient (Wildman–Crippen LogP) is 1.92. The van der Waals surface area contributed by atoms with Crippen LogP contribution < -0.4 is 14.8 Å². The molecule has 0 atom stereocenters. The average molecular weight is 363 g/mol. The Hall–Kier alpha value is -2.44. The van der Waals surface area contributed by atoms with Crippen LogP contribution in [0.2, 0.25) is 0 Å². The summed E-state index contributed by atoms with van der Waals surface area (Å²) >= 11 is 0. The SMILES string of the molecule is CN=C(NCCCOc1ccc(OC)cc1)N1CCC(C(=O)OC)CC1. The number of nitrogens with zero attached hydrogens (tertiary/aromatic N) is 2. The summed E-state index contributed by atoms with van der Waals surface area (Å²) in [4.78, 5) is 18.1. The molecule has 2 rings (SSSR count). The highest BCUT2D eigenvalue weighted by Crippen LogP contribution is 2.19. The highest BCUT2D eigenvalue weighted by atomic mass is 16.5. The lowest BCUT2D eigenvalue weighted by molar-refractivity contribution is -0.146. The van der Waals surface area contributed by atoms with E-state index in [1.54, 1.807) is 14.2 Å². The van der Waals surface area contributed by atoms with Crippen molar-refractivity contribution in [3.8, 4) is 11.5 Å². The summed E-state index contributed by atoms with van der Waals surface area (Å²) < 4.78 is 15.7. The maximum Gasteiger partial charge on any atom is 0.308 e. The van der Waals surface area contributed by atoms with Crippen LogP contribution in [-0.2, 0) is 9.53 Å². The maximum absolute atomic E-state index is 11.6. The van der Waals surface area contributed by atoms with E-state index in [2.05, 4.69) is 15.2 Å². The number of hydrogen-bond acceptors (Lipinski definition) is 5. The van der Waals surface area contributed by atoms with Gasteiger partial charge in [0.1, 0.15) is 11.5 Å². The van der Waals surface area contributed by atoms with Crippen molar-refractivity contribution in [3.63, 3.8) is 0 Å². The van der Waals surface area contributed by atoms with Gasteiger partial charge in [-0.05, 0) is 43.5 Å². The molecule has 0 aliphatic carbocycles. The molecule has 1 N–H and O–H groups in total. The van der Waals surface area contributed by atoms with Gasteiger partial charge in [-0.3, -0.25) is 9.79 Å². The van der Waals surface area contributed by atoms with Crippen molar-refractivity contribution in [2.24, 2.45) is 10.9 Å². The summed E-state index contributed by atoms with van der Waals surface area (Å²) in [5.41, 5.74) is 0. The first-order valence-electron chi connectivity index (χ1n) is 8.98. The van der Waals surface area contributed by atoms with Crippen LogP contribution in [0.5, 0.6) is 11.5 Å². The van der Waals surface area contributed by atoms with E-state index >= 15 is 0 Å². The number of esters is 1. The highest BCUT2D eigenvalue weighted by molar-refractivity contribution is 5.80. The van der Waals surface area contributed by atoms with E-state index in [4.69, 9.17) is 14.2 Å². The third-order valence-electron chi connectivity index (χ3n) is 4.47. The second-order valence-corrected chi connectivity index (χ2v) is 6.14. The molecule has 1 aromatic carbocycles. The zero-order valence-corrected chi connectivity index (χ0v) is 15.9. The van der Waals surface area contributed by atoms with Crippen molar-refractivity contribution in [2.75, 3.05) is 47.5 Å². The number of piperidine rings is 1. The van der Waals surface area contributed by atoms with Gasteiger partial charge in [-0.1, -0.05) is 0 Å². The fraction of sp³-hybridized carbons (Fsp3) is 0.579. The number of guanidine groups is 1. The summed E-state index contributed by atoms with van der Waals surface area (Å²) in [5.74, 6) is 2.42. The van der Waals surface area contributed by atoms with Crippen LogP contribution in [0.15, 0.2) is 29.3 Å². The molecule has 0 aromatic heterocycles. The quantitative estimate of drug-likeness (QED) is 0.345. The summed E-state index contributed by atoms with van der Waals surface area (Å²) in [6.45, 7) is 3.02. The molecule has 0 radical (unpaired) electrons. The van der Waals surface area contributed by atoms with Crippen LogP contribution in [-0.4, -0.2) is 64.3 Å². The van der Waals surface area contributed by atoms with Gasteiger partial charge in [-0.25, -0.2) is 0 Å². The van der Waals surface area contributed by atoms with E-state index in [0.29, 0.717) is 6.61 Å². The Bertz CT molecular complexity index is 581. The second-order valence-electron chi connectivity index (χ2n) is 6.14. The van der Waals surface area contributed by atoms with Gasteiger partial charge in [0.25, 0.3) is 0 Å². The van der Waals surface area contributed by atoms with E-state index in [9.17, 15) is 4.79 Å². The maximum atomic E-state index is 11.6. The fourth-order valence-corrected chi connectivity index (χ4v) is 2.96. The number of aliphatic imine (C=N–C) groups is 1. The van der Waals surface area contributed by atoms with Crippen molar-refractivity contribution >= 4 is 11.9 Å². The number of rotatable bonds is 7. The molecule has 144 valence electrons. The normalized spacial score (nSPS) is 15.5. The zero-order chi connectivity index (χ0) is 18.8. The number of benzene rings is 1. The van der Waals surface area contributed by atoms with Crippen LogP contribution in [0.3, 0.4) is 0 Å². The minimum atomic E-state index is -0.108. The molecule has 7 nitrogen and oxygen atoms in total. The number of likely N-dealkylation sites (tertiary alicyclic amines) is 1. The Balaban J connectivity index is 1.65. The van der Waals surface area contributed by atoms with Crippen molar-refractivity contribution in [3.05, 3.63) is 24.3 Å². The summed E-state index contributed by atoms with van der Waals surface area (Å²) in [6.07, 6.45) is 2.46. The molecule has 26 heavy (non-hydrogen) atoms. The topological polar surface area (TPSA) is 72.4 Å². The summed E-state index contributed by atoms with van der Waals surface area (Å²) in [7, 11) is 4.87. The van der Waals surface area contributed by atoms with E-state index < -0.39 is 0 Å². The number of nitrogens with one attached hydrogen (secondary N) is 1. The summed E-state index contributed by atoms with van der Waals surface area (Å²) in [5, 5.41) is 3.36. The Labute approximate surface area is 155 Å². The van der Waals surface area contributed by atoms with Gasteiger partial charge in [0.05, 0.1) is 26.7 Å². The first-order valence-corrected chi connectivity index (χ1v) is 8.98. The molecule has 1 aliphatic rings. The first-order chi connectivity index (χ1) is 12.7. The van der Waals surface area contributed by atoms with Gasteiger partial charge in [-0.15, -0.1) is 0 Å². The molecule has 0 spiro atoms. The Morgan fingerprint density at radius 2 is 1.85 bits per heavy atom. The standard InChI is InChI=1S/C19H29N3O4/c1-20-19(22-12-9-15(10-13-22)18(23)25-3)21-11-4-14-26-17-7-5-16(24-2)6-8-17/h5-8,15H,4,9-14H2,1-3H3,(H,20,21). The number of carbonyl (C=O) groups is 1. The molecule has 0 unspecified atom stereocenters. The van der Waals surface area contributed by atoms with Gasteiger partial charge in [0, 0.05) is 26.7 Å². The van der Waals surface area contributed by atoms with Gasteiger partial charge in [0.15, 0.2) is 5.96 Å². The molecule has 1 aliphatic heterocycles. The Kier molecular flexibility index (Phi) is 8.05. The average Bonchev–Trinajstić information content (AvgIpc) is 2.70. The molecule has 0 saturated carbocycles. The highest BCUT2D eigenvalue weighted by Gasteiger charge is 2.26. The lowest BCUT2D eigenvalue weighted by Gasteiger charge is -2.33. The van der Waals surface area contributed by atoms with E-state index in [0.717, 1.165) is 56.4 Å². The van der Waals surface area contributed by atoms with Crippen molar-refractivity contribution in [1.29, 1.82) is 0 Å². The minimum Gasteiger partial charge on any atom is -0.497 e. The second kappa shape index (κ2) is 10.5. The monoisotopic (exact) mass is 363 g/mol. The van der Waals surface area contributed by atoms with Crippen LogP contribution in [0.4, 0.5) is 0 Å². The van der Waals surface area contributed by atoms with Crippen LogP contribution >= 0.6 is 0 Å². The molecular formula is C19H29N3O4. The molecule has 7 heteroatoms. The van der Waals surface area contributed by atoms with E-state index in [-0.39, 0.29) is 11.9 Å². The van der Waals surface area contributed by atoms with Gasteiger partial charge in [0.2, 0.25) is 0 Å². The molecule has 1 aromatic rings. The third-order valence-corrected chi connectivity index (χ3v) is 4.47. The van der Waals surface area contributed by atoms with Gasteiger partial charge < -0.3 is 24.4 Å². The van der Waals surface area contributed by atoms with Crippen molar-refractivity contribution < 1.29 is 19.0 Å². The Morgan fingerprint density at radius 1 is 1.19 bits per heavy atom. The summed E-state index contributed by atoms with van der Waals surface area (Å²) in [6, 6.07) is 7.56. The smallest absolute Gasteiger partial charge is 0.308 e. The minimum absolute atomic E-state index is 0.00672. The lowest BCUT2D eigenvalue weighted by atomic mass is 9.97. The predicted molar refractivity (Wildman–Crippen MR) is 101 cm³/mol. The Morgan fingerprint density at radius 3 is 2.42 bits per heavy atom. The number of ether oxygens (including phenoxy) is 3. The number of methoxy groups -OCH3 is 2. The largest absolute Gasteiger partial charge is 0.497 e. The van der Waals surface area contributed by atoms with Crippen molar-refractivity contribution in [1.82, 2.24) is 10.2 Å². The van der Waals surface area contributed by atoms with Crippen LogP contribution in [0.25, 0.3) is 0 Å². The fourth-order valence-electron chi connectivity index (χ4n) is 2.96. The number of hydrogen-bond donors (Lipinski definition) is 1. The molecule has 1 heterocycles. The lowest BCUT2D eigenvalue weighted by Crippen LogP contribution is -2.47. The van der Waals surface area contributed by atoms with Crippen LogP contribution in [0, 0.1) is 5.92 Å². The van der Waals surface area contributed by atoms with E-state index in [1.807, 2.05) is 24.3 Å².